The molecule has 1 amide bonds. The van der Waals surface area contributed by atoms with E-state index >= 15 is 0 Å². The second kappa shape index (κ2) is 8.76. The van der Waals surface area contributed by atoms with Gasteiger partial charge in [0.2, 0.25) is 15.9 Å². The van der Waals surface area contributed by atoms with Crippen molar-refractivity contribution in [1.82, 2.24) is 4.72 Å². The molecule has 0 spiro atoms. The van der Waals surface area contributed by atoms with Gasteiger partial charge in [0.15, 0.2) is 5.75 Å². The molecule has 2 aromatic rings. The summed E-state index contributed by atoms with van der Waals surface area (Å²) in [4.78, 5) is 21.9. The van der Waals surface area contributed by atoms with Crippen molar-refractivity contribution in [2.45, 2.75) is 18.2 Å². The van der Waals surface area contributed by atoms with Gasteiger partial charge in [0.05, 0.1) is 16.9 Å². The summed E-state index contributed by atoms with van der Waals surface area (Å²) in [5, 5.41) is 13.6. The van der Waals surface area contributed by atoms with E-state index in [0.29, 0.717) is 11.3 Å². The van der Waals surface area contributed by atoms with Crippen LogP contribution in [0, 0.1) is 22.9 Å². The number of methoxy groups -OCH3 is 1. The average Bonchev–Trinajstić information content (AvgIpc) is 2.63. The number of carbonyl (C=O) groups excluding carboxylic acids is 1. The average molecular weight is 411 g/mol. The van der Waals surface area contributed by atoms with Crippen molar-refractivity contribution in [2.24, 2.45) is 0 Å². The molecule has 2 rings (SSSR count). The first-order chi connectivity index (χ1) is 13.1. The zero-order chi connectivity index (χ0) is 20.9. The second-order valence-corrected chi connectivity index (χ2v) is 7.51. The lowest BCUT2D eigenvalue weighted by Gasteiger charge is -2.10. The molecule has 0 heterocycles. The SMILES string of the molecule is COc1ccc(S(=O)(=O)NCCC(=O)Nc2ccc(F)cc2C)cc1[N+](=O)[O-]. The molecule has 11 heteroatoms. The number of ether oxygens (including phenoxy) is 1. The number of carbonyl (C=O) groups is 1. The van der Waals surface area contributed by atoms with Crippen LogP contribution in [0.25, 0.3) is 0 Å². The normalized spacial score (nSPS) is 11.1. The zero-order valence-electron chi connectivity index (χ0n) is 15.1. The highest BCUT2D eigenvalue weighted by molar-refractivity contribution is 7.89. The van der Waals surface area contributed by atoms with Crippen molar-refractivity contribution >= 4 is 27.3 Å². The minimum Gasteiger partial charge on any atom is -0.490 e. The molecule has 0 saturated carbocycles. The van der Waals surface area contributed by atoms with Gasteiger partial charge >= 0.3 is 5.69 Å². The number of nitrogens with zero attached hydrogens (tertiary/aromatic N) is 1. The topological polar surface area (TPSA) is 128 Å². The predicted octanol–water partition coefficient (Wildman–Crippen LogP) is 2.36. The summed E-state index contributed by atoms with van der Waals surface area (Å²) in [5.74, 6) is -0.979. The molecular weight excluding hydrogens is 393 g/mol. The summed E-state index contributed by atoms with van der Waals surface area (Å²) in [6.07, 6.45) is -0.186. The van der Waals surface area contributed by atoms with Crippen LogP contribution in [0.5, 0.6) is 5.75 Å². The van der Waals surface area contributed by atoms with Gasteiger partial charge in [-0.1, -0.05) is 0 Å². The Kier molecular flexibility index (Phi) is 6.65. The van der Waals surface area contributed by atoms with E-state index < -0.39 is 32.4 Å². The lowest BCUT2D eigenvalue weighted by atomic mass is 10.2. The maximum absolute atomic E-state index is 13.1. The third kappa shape index (κ3) is 5.24. The number of nitro benzene ring substituents is 1. The molecule has 0 atom stereocenters. The number of benzene rings is 2. The largest absolute Gasteiger partial charge is 0.490 e. The smallest absolute Gasteiger partial charge is 0.312 e. The van der Waals surface area contributed by atoms with Crippen LogP contribution >= 0.6 is 0 Å². The quantitative estimate of drug-likeness (QED) is 0.507. The van der Waals surface area contributed by atoms with Gasteiger partial charge in [-0.2, -0.15) is 0 Å². The van der Waals surface area contributed by atoms with Crippen LogP contribution < -0.4 is 14.8 Å². The lowest BCUT2D eigenvalue weighted by molar-refractivity contribution is -0.386. The lowest BCUT2D eigenvalue weighted by Crippen LogP contribution is -2.28. The number of aryl methyl sites for hydroxylation is 1. The summed E-state index contributed by atoms with van der Waals surface area (Å²) in [7, 11) is -2.83. The van der Waals surface area contributed by atoms with Crippen LogP contribution in [0.3, 0.4) is 0 Å². The highest BCUT2D eigenvalue weighted by atomic mass is 32.2. The van der Waals surface area contributed by atoms with E-state index in [4.69, 9.17) is 4.74 Å². The predicted molar refractivity (Wildman–Crippen MR) is 99.2 cm³/mol. The molecule has 0 aliphatic rings. The highest BCUT2D eigenvalue weighted by Crippen LogP contribution is 2.29. The van der Waals surface area contributed by atoms with Crippen molar-refractivity contribution in [3.63, 3.8) is 0 Å². The van der Waals surface area contributed by atoms with Gasteiger partial charge in [0.1, 0.15) is 5.82 Å². The summed E-state index contributed by atoms with van der Waals surface area (Å²) in [5.41, 5.74) is 0.453. The van der Waals surface area contributed by atoms with Gasteiger partial charge in [-0.25, -0.2) is 17.5 Å². The van der Waals surface area contributed by atoms with Crippen molar-refractivity contribution in [2.75, 3.05) is 19.0 Å². The van der Waals surface area contributed by atoms with E-state index in [0.717, 1.165) is 12.1 Å². The summed E-state index contributed by atoms with van der Waals surface area (Å²) < 4.78 is 44.7. The van der Waals surface area contributed by atoms with Gasteiger partial charge in [-0.05, 0) is 42.8 Å². The fourth-order valence-corrected chi connectivity index (χ4v) is 3.39. The van der Waals surface area contributed by atoms with Crippen molar-refractivity contribution < 1.29 is 27.3 Å². The standard InChI is InChI=1S/C17H18FN3O6S/c1-11-9-12(18)3-5-14(11)20-17(22)7-8-19-28(25,26)13-4-6-16(27-2)15(10-13)21(23)24/h3-6,9-10,19H,7-8H2,1-2H3,(H,20,22). The molecule has 0 saturated heterocycles. The van der Waals surface area contributed by atoms with Crippen LogP contribution in [-0.4, -0.2) is 32.9 Å². The summed E-state index contributed by atoms with van der Waals surface area (Å²) >= 11 is 0. The molecule has 0 radical (unpaired) electrons. The molecule has 0 aliphatic heterocycles. The summed E-state index contributed by atoms with van der Waals surface area (Å²) in [6.45, 7) is 1.40. The Morgan fingerprint density at radius 1 is 1.25 bits per heavy atom. The number of sulfonamides is 1. The van der Waals surface area contributed by atoms with Gasteiger partial charge < -0.3 is 10.1 Å². The zero-order valence-corrected chi connectivity index (χ0v) is 15.9. The fourth-order valence-electron chi connectivity index (χ4n) is 2.34. The molecule has 0 aromatic heterocycles. The number of hydrogen-bond acceptors (Lipinski definition) is 6. The van der Waals surface area contributed by atoms with Crippen molar-refractivity contribution in [1.29, 1.82) is 0 Å². The Hall–Kier alpha value is -3.05. The van der Waals surface area contributed by atoms with Crippen LogP contribution in [-0.2, 0) is 14.8 Å². The van der Waals surface area contributed by atoms with E-state index in [2.05, 4.69) is 10.0 Å². The van der Waals surface area contributed by atoms with Crippen molar-refractivity contribution in [3.05, 3.63) is 57.9 Å². The maximum atomic E-state index is 13.1. The van der Waals surface area contributed by atoms with Gasteiger partial charge in [-0.3, -0.25) is 14.9 Å². The monoisotopic (exact) mass is 411 g/mol. The van der Waals surface area contributed by atoms with Crippen molar-refractivity contribution in [3.8, 4) is 5.75 Å². The third-order valence-electron chi connectivity index (χ3n) is 3.76. The van der Waals surface area contributed by atoms with E-state index in [1.165, 1.54) is 31.4 Å². The number of rotatable bonds is 8. The first kappa shape index (κ1) is 21.3. The van der Waals surface area contributed by atoms with Crippen LogP contribution in [0.1, 0.15) is 12.0 Å². The van der Waals surface area contributed by atoms with E-state index in [-0.39, 0.29) is 23.6 Å². The minimum absolute atomic E-state index is 0.0713. The molecule has 0 unspecified atom stereocenters. The Balaban J connectivity index is 2.00. The van der Waals surface area contributed by atoms with Gasteiger partial charge in [0.25, 0.3) is 0 Å². The van der Waals surface area contributed by atoms with E-state index in [1.807, 2.05) is 0 Å². The number of amides is 1. The Morgan fingerprint density at radius 2 is 1.96 bits per heavy atom. The number of nitrogens with one attached hydrogen (secondary N) is 2. The van der Waals surface area contributed by atoms with Gasteiger partial charge in [-0.15, -0.1) is 0 Å². The minimum atomic E-state index is -4.06. The number of nitro groups is 1. The number of halogens is 1. The Morgan fingerprint density at radius 3 is 2.57 bits per heavy atom. The molecule has 2 aromatic carbocycles. The molecule has 0 fully saturated rings. The molecular formula is C17H18FN3O6S. The molecule has 0 aliphatic carbocycles. The maximum Gasteiger partial charge on any atom is 0.312 e. The van der Waals surface area contributed by atoms with E-state index in [1.54, 1.807) is 6.92 Å². The molecule has 2 N–H and O–H groups in total. The highest BCUT2D eigenvalue weighted by Gasteiger charge is 2.22. The molecule has 9 nitrogen and oxygen atoms in total. The number of anilines is 1. The fraction of sp³-hybridized carbons (Fsp3) is 0.235. The Labute approximate surface area is 160 Å². The third-order valence-corrected chi connectivity index (χ3v) is 5.22. The van der Waals surface area contributed by atoms with Crippen LogP contribution in [0.15, 0.2) is 41.3 Å². The molecule has 150 valence electrons. The van der Waals surface area contributed by atoms with Gasteiger partial charge in [0, 0.05) is 24.7 Å². The van der Waals surface area contributed by atoms with Crippen LogP contribution in [0.2, 0.25) is 0 Å². The Bertz CT molecular complexity index is 1010. The summed E-state index contributed by atoms with van der Waals surface area (Å²) in [6, 6.07) is 7.08. The first-order valence-corrected chi connectivity index (χ1v) is 9.50. The second-order valence-electron chi connectivity index (χ2n) is 5.75. The van der Waals surface area contributed by atoms with E-state index in [9.17, 15) is 27.7 Å². The molecule has 0 bridgehead atoms. The van der Waals surface area contributed by atoms with Crippen LogP contribution in [0.4, 0.5) is 15.8 Å². The first-order valence-electron chi connectivity index (χ1n) is 8.02. The number of hydrogen-bond donors (Lipinski definition) is 2. The molecule has 28 heavy (non-hydrogen) atoms.